The highest BCUT2D eigenvalue weighted by atomic mass is 16.5. The molecule has 0 fully saturated rings. The fourth-order valence-electron chi connectivity index (χ4n) is 2.97. The number of ether oxygens (including phenoxy) is 2. The summed E-state index contributed by atoms with van der Waals surface area (Å²) in [6.45, 7) is 0.931. The van der Waals surface area contributed by atoms with Gasteiger partial charge in [0, 0.05) is 13.0 Å². The summed E-state index contributed by atoms with van der Waals surface area (Å²) in [6, 6.07) is 15.3. The lowest BCUT2D eigenvalue weighted by Gasteiger charge is -2.19. The van der Waals surface area contributed by atoms with E-state index in [-0.39, 0.29) is 0 Å². The van der Waals surface area contributed by atoms with E-state index in [1.165, 1.54) is 0 Å². The lowest BCUT2D eigenvalue weighted by Crippen LogP contribution is -2.24. The minimum atomic E-state index is -0.569. The lowest BCUT2D eigenvalue weighted by atomic mass is 10.1. The van der Waals surface area contributed by atoms with E-state index in [1.54, 1.807) is 14.2 Å². The smallest absolute Gasteiger partial charge is 0.240 e. The van der Waals surface area contributed by atoms with Crippen molar-refractivity contribution in [2.75, 3.05) is 27.8 Å². The maximum absolute atomic E-state index is 10.3. The van der Waals surface area contributed by atoms with Crippen LogP contribution < -0.4 is 9.47 Å². The number of benzene rings is 2. The van der Waals surface area contributed by atoms with Crippen LogP contribution in [0.15, 0.2) is 53.1 Å². The SMILES string of the molecule is COc1ccc(Cc2noc(CN(C)C[C@H](O)c3ccccc3)n2)cc1OC. The molecule has 2 aromatic carbocycles. The van der Waals surface area contributed by atoms with Crippen molar-refractivity contribution in [1.82, 2.24) is 15.0 Å². The van der Waals surface area contributed by atoms with Crippen LogP contribution in [0, 0.1) is 0 Å². The standard InChI is InChI=1S/C21H25N3O4/c1-24(13-17(25)16-7-5-4-6-8-16)14-21-22-20(23-28-21)12-15-9-10-18(26-2)19(11-15)27-3/h4-11,17,25H,12-14H2,1-3H3/t17-/m0/s1. The zero-order chi connectivity index (χ0) is 19.9. The summed E-state index contributed by atoms with van der Waals surface area (Å²) in [5.41, 5.74) is 1.88. The van der Waals surface area contributed by atoms with Crippen molar-refractivity contribution in [3.8, 4) is 11.5 Å². The van der Waals surface area contributed by atoms with E-state index >= 15 is 0 Å². The zero-order valence-corrected chi connectivity index (χ0v) is 16.3. The molecule has 0 aliphatic rings. The van der Waals surface area contributed by atoms with Crippen LogP contribution in [0.5, 0.6) is 11.5 Å². The molecule has 148 valence electrons. The van der Waals surface area contributed by atoms with Crippen LogP contribution in [0.3, 0.4) is 0 Å². The Balaban J connectivity index is 1.58. The number of hydrogen-bond acceptors (Lipinski definition) is 7. The Hall–Kier alpha value is -2.90. The second-order valence-electron chi connectivity index (χ2n) is 6.59. The summed E-state index contributed by atoms with van der Waals surface area (Å²) in [6.07, 6.45) is -0.0411. The van der Waals surface area contributed by atoms with E-state index in [1.807, 2.05) is 60.5 Å². The third-order valence-corrected chi connectivity index (χ3v) is 4.39. The van der Waals surface area contributed by atoms with Crippen molar-refractivity contribution < 1.29 is 19.1 Å². The minimum Gasteiger partial charge on any atom is -0.493 e. The molecule has 1 N–H and O–H groups in total. The van der Waals surface area contributed by atoms with E-state index in [9.17, 15) is 5.11 Å². The van der Waals surface area contributed by atoms with Crippen LogP contribution in [0.25, 0.3) is 0 Å². The Bertz CT molecular complexity index is 882. The molecule has 7 heteroatoms. The molecule has 0 unspecified atom stereocenters. The summed E-state index contributed by atoms with van der Waals surface area (Å²) < 4.78 is 15.9. The van der Waals surface area contributed by atoms with Gasteiger partial charge in [-0.2, -0.15) is 4.98 Å². The summed E-state index contributed by atoms with van der Waals surface area (Å²) in [4.78, 5) is 6.40. The average molecular weight is 383 g/mol. The van der Waals surface area contributed by atoms with Crippen molar-refractivity contribution in [1.29, 1.82) is 0 Å². The first kappa shape index (κ1) is 19.9. The first-order valence-electron chi connectivity index (χ1n) is 9.03. The molecule has 0 saturated heterocycles. The molecule has 7 nitrogen and oxygen atoms in total. The minimum absolute atomic E-state index is 0.461. The molecule has 1 aromatic heterocycles. The summed E-state index contributed by atoms with van der Waals surface area (Å²) >= 11 is 0. The molecule has 3 rings (SSSR count). The van der Waals surface area contributed by atoms with Gasteiger partial charge in [-0.25, -0.2) is 0 Å². The Kier molecular flexibility index (Phi) is 6.62. The topological polar surface area (TPSA) is 80.9 Å². The van der Waals surface area contributed by atoms with Gasteiger partial charge < -0.3 is 19.1 Å². The predicted octanol–water partition coefficient (Wildman–Crippen LogP) is 2.84. The van der Waals surface area contributed by atoms with Gasteiger partial charge in [0.05, 0.1) is 26.9 Å². The Labute approximate surface area is 164 Å². The van der Waals surface area contributed by atoms with Crippen LogP contribution in [-0.4, -0.2) is 48.0 Å². The molecule has 1 heterocycles. The molecule has 0 spiro atoms. The second kappa shape index (κ2) is 9.34. The van der Waals surface area contributed by atoms with Gasteiger partial charge in [0.15, 0.2) is 17.3 Å². The molecule has 3 aromatic rings. The zero-order valence-electron chi connectivity index (χ0n) is 16.3. The predicted molar refractivity (Wildman–Crippen MR) is 104 cm³/mol. The van der Waals surface area contributed by atoms with Crippen molar-refractivity contribution in [2.45, 2.75) is 19.1 Å². The van der Waals surface area contributed by atoms with Crippen LogP contribution in [0.1, 0.15) is 28.9 Å². The molecule has 0 amide bonds. The maximum Gasteiger partial charge on any atom is 0.240 e. The highest BCUT2D eigenvalue weighted by Gasteiger charge is 2.15. The molecule has 0 bridgehead atoms. The van der Waals surface area contributed by atoms with Gasteiger partial charge >= 0.3 is 0 Å². The van der Waals surface area contributed by atoms with E-state index in [4.69, 9.17) is 14.0 Å². The van der Waals surface area contributed by atoms with Crippen LogP contribution in [0.2, 0.25) is 0 Å². The number of likely N-dealkylation sites (N-methyl/N-ethyl adjacent to an activating group) is 1. The van der Waals surface area contributed by atoms with Crippen molar-refractivity contribution in [3.05, 3.63) is 71.4 Å². The summed E-state index contributed by atoms with van der Waals surface area (Å²) in [5, 5.41) is 14.4. The fraction of sp³-hybridized carbons (Fsp3) is 0.333. The Morgan fingerprint density at radius 1 is 1.07 bits per heavy atom. The highest BCUT2D eigenvalue weighted by Crippen LogP contribution is 2.28. The molecule has 0 aliphatic carbocycles. The van der Waals surface area contributed by atoms with Crippen molar-refractivity contribution >= 4 is 0 Å². The van der Waals surface area contributed by atoms with Crippen molar-refractivity contribution in [2.24, 2.45) is 0 Å². The van der Waals surface area contributed by atoms with E-state index in [0.717, 1.165) is 11.1 Å². The van der Waals surface area contributed by atoms with Crippen molar-refractivity contribution in [3.63, 3.8) is 0 Å². The van der Waals surface area contributed by atoms with Crippen LogP contribution in [0.4, 0.5) is 0 Å². The number of rotatable bonds is 9. The van der Waals surface area contributed by atoms with E-state index in [0.29, 0.717) is 42.7 Å². The number of nitrogens with zero attached hydrogens (tertiary/aromatic N) is 3. The van der Waals surface area contributed by atoms with Gasteiger partial charge in [0.25, 0.3) is 0 Å². The molecule has 0 radical (unpaired) electrons. The monoisotopic (exact) mass is 383 g/mol. The van der Waals surface area contributed by atoms with Gasteiger partial charge in [-0.3, -0.25) is 4.90 Å². The van der Waals surface area contributed by atoms with Gasteiger partial charge in [-0.1, -0.05) is 41.6 Å². The third-order valence-electron chi connectivity index (χ3n) is 4.39. The van der Waals surface area contributed by atoms with E-state index < -0.39 is 6.10 Å². The average Bonchev–Trinajstić information content (AvgIpc) is 3.14. The van der Waals surface area contributed by atoms with Crippen LogP contribution in [-0.2, 0) is 13.0 Å². The first-order chi connectivity index (χ1) is 13.6. The molecule has 28 heavy (non-hydrogen) atoms. The second-order valence-corrected chi connectivity index (χ2v) is 6.59. The van der Waals surface area contributed by atoms with Gasteiger partial charge in [0.2, 0.25) is 5.89 Å². The summed E-state index contributed by atoms with van der Waals surface area (Å²) in [5.74, 6) is 2.45. The normalized spacial score (nSPS) is 12.2. The third kappa shape index (κ3) is 5.09. The quantitative estimate of drug-likeness (QED) is 0.608. The Morgan fingerprint density at radius 2 is 1.82 bits per heavy atom. The Morgan fingerprint density at radius 3 is 2.54 bits per heavy atom. The lowest BCUT2D eigenvalue weighted by molar-refractivity contribution is 0.118. The number of hydrogen-bond donors (Lipinski definition) is 1. The van der Waals surface area contributed by atoms with E-state index in [2.05, 4.69) is 10.1 Å². The molecule has 0 aliphatic heterocycles. The van der Waals surface area contributed by atoms with Crippen LogP contribution >= 0.6 is 0 Å². The van der Waals surface area contributed by atoms with Gasteiger partial charge in [0.1, 0.15) is 0 Å². The number of methoxy groups -OCH3 is 2. The molecule has 1 atom stereocenters. The number of aliphatic hydroxyl groups is 1. The summed E-state index contributed by atoms with van der Waals surface area (Å²) in [7, 11) is 5.12. The largest absolute Gasteiger partial charge is 0.493 e. The number of aromatic nitrogens is 2. The molecular weight excluding hydrogens is 358 g/mol. The number of aliphatic hydroxyl groups excluding tert-OH is 1. The maximum atomic E-state index is 10.3. The van der Waals surface area contributed by atoms with Gasteiger partial charge in [-0.05, 0) is 30.3 Å². The van der Waals surface area contributed by atoms with Gasteiger partial charge in [-0.15, -0.1) is 0 Å². The fourth-order valence-corrected chi connectivity index (χ4v) is 2.97. The highest BCUT2D eigenvalue weighted by molar-refractivity contribution is 5.43. The first-order valence-corrected chi connectivity index (χ1v) is 9.03. The molecular formula is C21H25N3O4. The molecule has 0 saturated carbocycles.